The van der Waals surface area contributed by atoms with Crippen molar-refractivity contribution >= 4 is 40.8 Å². The molecule has 0 radical (unpaired) electrons. The predicted molar refractivity (Wildman–Crippen MR) is 58.8 cm³/mol. The lowest BCUT2D eigenvalue weighted by Gasteiger charge is -2.05. The predicted octanol–water partition coefficient (Wildman–Crippen LogP) is 1.82. The van der Waals surface area contributed by atoms with Crippen molar-refractivity contribution in [2.24, 2.45) is 0 Å². The van der Waals surface area contributed by atoms with Gasteiger partial charge in [-0.3, -0.25) is 0 Å². The number of ether oxygens (including phenoxy) is 1. The molecule has 0 spiro atoms. The number of nitrogens with two attached hydrogens (primary N) is 1. The molecule has 16 heavy (non-hydrogen) atoms. The molecule has 0 bridgehead atoms. The number of carboxylic acid groups (broad SMARTS) is 1. The largest absolute Gasteiger partial charge is 0.479 e. The van der Waals surface area contributed by atoms with Gasteiger partial charge in [-0.15, -0.1) is 0 Å². The summed E-state index contributed by atoms with van der Waals surface area (Å²) in [7, 11) is 0. The van der Waals surface area contributed by atoms with Gasteiger partial charge in [-0.25, -0.2) is 9.59 Å². The zero-order valence-electron chi connectivity index (χ0n) is 7.87. The van der Waals surface area contributed by atoms with E-state index in [4.69, 9.17) is 34.0 Å². The van der Waals surface area contributed by atoms with E-state index >= 15 is 0 Å². The summed E-state index contributed by atoms with van der Waals surface area (Å²) in [6.07, 6.45) is 0. The molecule has 1 rings (SSSR count). The second kappa shape index (κ2) is 5.05. The molecule has 0 aliphatic heterocycles. The van der Waals surface area contributed by atoms with Crippen molar-refractivity contribution in [1.82, 2.24) is 0 Å². The van der Waals surface area contributed by atoms with E-state index in [2.05, 4.69) is 4.74 Å². The monoisotopic (exact) mass is 263 g/mol. The topological polar surface area (TPSA) is 89.6 Å². The van der Waals surface area contributed by atoms with Gasteiger partial charge < -0.3 is 15.6 Å². The van der Waals surface area contributed by atoms with Gasteiger partial charge in [-0.2, -0.15) is 0 Å². The van der Waals surface area contributed by atoms with Crippen molar-refractivity contribution in [3.05, 3.63) is 27.7 Å². The van der Waals surface area contributed by atoms with Crippen LogP contribution in [-0.2, 0) is 9.53 Å². The highest BCUT2D eigenvalue weighted by atomic mass is 35.5. The standard InChI is InChI=1S/C9H7Cl2NO4/c10-5-1-4(2-6(12)8(5)11)9(15)16-3-7(13)14/h1-2H,3,12H2,(H,13,14). The average molecular weight is 264 g/mol. The first-order chi connectivity index (χ1) is 7.41. The third kappa shape index (κ3) is 3.01. The molecule has 0 atom stereocenters. The molecule has 0 amide bonds. The van der Waals surface area contributed by atoms with E-state index in [1.165, 1.54) is 12.1 Å². The van der Waals surface area contributed by atoms with Crippen LogP contribution in [0.2, 0.25) is 10.0 Å². The first-order valence-corrected chi connectivity index (χ1v) is 4.81. The van der Waals surface area contributed by atoms with Crippen molar-refractivity contribution < 1.29 is 19.4 Å². The van der Waals surface area contributed by atoms with Crippen LogP contribution in [0.25, 0.3) is 0 Å². The highest BCUT2D eigenvalue weighted by Gasteiger charge is 2.13. The molecule has 0 fully saturated rings. The van der Waals surface area contributed by atoms with Crippen LogP contribution < -0.4 is 5.73 Å². The highest BCUT2D eigenvalue weighted by molar-refractivity contribution is 6.43. The van der Waals surface area contributed by atoms with Gasteiger partial charge in [0, 0.05) is 0 Å². The molecule has 0 aliphatic carbocycles. The summed E-state index contributed by atoms with van der Waals surface area (Å²) in [4.78, 5) is 21.5. The fraction of sp³-hybridized carbons (Fsp3) is 0.111. The SMILES string of the molecule is Nc1cc(C(=O)OCC(=O)O)cc(Cl)c1Cl. The van der Waals surface area contributed by atoms with Crippen molar-refractivity contribution in [2.45, 2.75) is 0 Å². The van der Waals surface area contributed by atoms with Gasteiger partial charge in [-0.05, 0) is 12.1 Å². The number of hydrogen-bond donors (Lipinski definition) is 2. The molecule has 0 aliphatic rings. The second-order valence-corrected chi connectivity index (χ2v) is 3.62. The van der Waals surface area contributed by atoms with E-state index in [1.54, 1.807) is 0 Å². The number of carbonyl (C=O) groups is 2. The Labute approximate surface area is 101 Å². The van der Waals surface area contributed by atoms with Gasteiger partial charge in [-0.1, -0.05) is 23.2 Å². The van der Waals surface area contributed by atoms with Gasteiger partial charge in [0.15, 0.2) is 6.61 Å². The summed E-state index contributed by atoms with van der Waals surface area (Å²) in [6.45, 7) is -0.723. The Balaban J connectivity index is 2.88. The number of benzene rings is 1. The van der Waals surface area contributed by atoms with Gasteiger partial charge >= 0.3 is 11.9 Å². The van der Waals surface area contributed by atoms with Crippen LogP contribution in [-0.4, -0.2) is 23.7 Å². The molecule has 5 nitrogen and oxygen atoms in total. The van der Waals surface area contributed by atoms with E-state index in [1.807, 2.05) is 0 Å². The Kier molecular flexibility index (Phi) is 3.98. The molecule has 0 unspecified atom stereocenters. The van der Waals surface area contributed by atoms with Crippen LogP contribution >= 0.6 is 23.2 Å². The number of rotatable bonds is 3. The molecule has 3 N–H and O–H groups in total. The van der Waals surface area contributed by atoms with E-state index < -0.39 is 18.5 Å². The van der Waals surface area contributed by atoms with Crippen LogP contribution in [0.4, 0.5) is 5.69 Å². The lowest BCUT2D eigenvalue weighted by molar-refractivity contribution is -0.140. The fourth-order valence-electron chi connectivity index (χ4n) is 0.939. The molecular formula is C9H7Cl2NO4. The second-order valence-electron chi connectivity index (χ2n) is 2.83. The van der Waals surface area contributed by atoms with E-state index in [0.717, 1.165) is 0 Å². The molecule has 86 valence electrons. The van der Waals surface area contributed by atoms with Gasteiger partial charge in [0.1, 0.15) is 0 Å². The van der Waals surface area contributed by atoms with Crippen molar-refractivity contribution in [2.75, 3.05) is 12.3 Å². The van der Waals surface area contributed by atoms with Crippen LogP contribution in [0.5, 0.6) is 0 Å². The number of halogens is 2. The van der Waals surface area contributed by atoms with Crippen LogP contribution in [0.1, 0.15) is 10.4 Å². The Morgan fingerprint density at radius 1 is 1.38 bits per heavy atom. The normalized spacial score (nSPS) is 9.88. The number of anilines is 1. The third-order valence-corrected chi connectivity index (χ3v) is 2.44. The molecule has 0 saturated heterocycles. The number of nitrogen functional groups attached to an aromatic ring is 1. The lowest BCUT2D eigenvalue weighted by atomic mass is 10.2. The number of hydrogen-bond acceptors (Lipinski definition) is 4. The maximum Gasteiger partial charge on any atom is 0.341 e. The van der Waals surface area contributed by atoms with Crippen molar-refractivity contribution in [1.29, 1.82) is 0 Å². The van der Waals surface area contributed by atoms with Crippen molar-refractivity contribution in [3.8, 4) is 0 Å². The Morgan fingerprint density at radius 2 is 2.00 bits per heavy atom. The minimum absolute atomic E-state index is 0.0492. The van der Waals surface area contributed by atoms with Crippen LogP contribution in [0, 0.1) is 0 Å². The molecule has 0 saturated carbocycles. The molecule has 1 aromatic rings. The van der Waals surface area contributed by atoms with Gasteiger partial charge in [0.2, 0.25) is 0 Å². The van der Waals surface area contributed by atoms with E-state index in [0.29, 0.717) is 0 Å². The molecule has 0 aromatic heterocycles. The van der Waals surface area contributed by atoms with Crippen LogP contribution in [0.15, 0.2) is 12.1 Å². The number of carboxylic acids is 1. The summed E-state index contributed by atoms with van der Waals surface area (Å²) in [5.74, 6) is -2.07. The molecule has 7 heteroatoms. The zero-order valence-corrected chi connectivity index (χ0v) is 9.38. The number of carbonyl (C=O) groups excluding carboxylic acids is 1. The average Bonchev–Trinajstić information content (AvgIpc) is 2.21. The Hall–Kier alpha value is -1.46. The molecule has 0 heterocycles. The Bertz CT molecular complexity index is 424. The summed E-state index contributed by atoms with van der Waals surface area (Å²) in [5, 5.41) is 8.55. The van der Waals surface area contributed by atoms with Gasteiger partial charge in [0.25, 0.3) is 0 Å². The molecule has 1 aromatic carbocycles. The molecular weight excluding hydrogens is 257 g/mol. The first-order valence-electron chi connectivity index (χ1n) is 4.05. The summed E-state index contributed by atoms with van der Waals surface area (Å²) in [6, 6.07) is 2.52. The number of esters is 1. The Morgan fingerprint density at radius 3 is 2.50 bits per heavy atom. The first kappa shape index (κ1) is 12.6. The fourth-order valence-corrected chi connectivity index (χ4v) is 1.27. The zero-order chi connectivity index (χ0) is 12.3. The van der Waals surface area contributed by atoms with Crippen LogP contribution in [0.3, 0.4) is 0 Å². The summed E-state index contributed by atoms with van der Waals surface area (Å²) in [5.41, 5.74) is 5.65. The maximum absolute atomic E-state index is 11.3. The minimum atomic E-state index is -1.25. The lowest BCUT2D eigenvalue weighted by Crippen LogP contribution is -2.13. The van der Waals surface area contributed by atoms with Crippen molar-refractivity contribution in [3.63, 3.8) is 0 Å². The van der Waals surface area contributed by atoms with E-state index in [9.17, 15) is 9.59 Å². The quantitative estimate of drug-likeness (QED) is 0.642. The summed E-state index contributed by atoms with van der Waals surface area (Å²) < 4.78 is 4.44. The van der Waals surface area contributed by atoms with E-state index in [-0.39, 0.29) is 21.3 Å². The third-order valence-electron chi connectivity index (χ3n) is 1.62. The smallest absolute Gasteiger partial charge is 0.341 e. The van der Waals surface area contributed by atoms with Gasteiger partial charge in [0.05, 0.1) is 21.3 Å². The summed E-state index contributed by atoms with van der Waals surface area (Å²) >= 11 is 11.4. The minimum Gasteiger partial charge on any atom is -0.479 e. The maximum atomic E-state index is 11.3. The number of aliphatic carboxylic acids is 1. The highest BCUT2D eigenvalue weighted by Crippen LogP contribution is 2.29.